The topological polar surface area (TPSA) is 61.1 Å². The molecule has 0 spiro atoms. The van der Waals surface area contributed by atoms with Crippen molar-refractivity contribution in [2.45, 2.75) is 11.8 Å². The Morgan fingerprint density at radius 1 is 1.60 bits per heavy atom. The lowest BCUT2D eigenvalue weighted by Gasteiger charge is -2.05. The molecule has 0 saturated carbocycles. The van der Waals surface area contributed by atoms with Crippen molar-refractivity contribution >= 4 is 17.5 Å². The Bertz CT molecular complexity index is 410. The average molecular weight is 221 g/mol. The summed E-state index contributed by atoms with van der Waals surface area (Å²) in [6.45, 7) is 1.54. The van der Waals surface area contributed by atoms with Crippen LogP contribution in [0.2, 0.25) is 0 Å². The number of carbonyl (C=O) groups excluding carboxylic acids is 1. The molecular formula is C11H11NO2S. The molecule has 1 N–H and O–H groups in total. The van der Waals surface area contributed by atoms with Crippen molar-refractivity contribution in [2.24, 2.45) is 0 Å². The van der Waals surface area contributed by atoms with Gasteiger partial charge in [0, 0.05) is 16.2 Å². The van der Waals surface area contributed by atoms with Crippen LogP contribution in [0.5, 0.6) is 0 Å². The van der Waals surface area contributed by atoms with Gasteiger partial charge in [-0.2, -0.15) is 5.26 Å². The number of rotatable bonds is 4. The van der Waals surface area contributed by atoms with Gasteiger partial charge in [-0.3, -0.25) is 4.79 Å². The Kier molecular flexibility index (Phi) is 4.35. The average Bonchev–Trinajstić information content (AvgIpc) is 2.25. The molecule has 1 rings (SSSR count). The summed E-state index contributed by atoms with van der Waals surface area (Å²) >= 11 is 1.38. The fourth-order valence-electron chi connectivity index (χ4n) is 1.16. The highest BCUT2D eigenvalue weighted by molar-refractivity contribution is 7.99. The number of aliphatic hydroxyl groups is 1. The van der Waals surface area contributed by atoms with Gasteiger partial charge in [0.2, 0.25) is 0 Å². The highest BCUT2D eigenvalue weighted by atomic mass is 32.2. The van der Waals surface area contributed by atoms with Crippen molar-refractivity contribution < 1.29 is 9.90 Å². The van der Waals surface area contributed by atoms with Gasteiger partial charge in [-0.1, -0.05) is 0 Å². The molecule has 0 aliphatic carbocycles. The lowest BCUT2D eigenvalue weighted by molar-refractivity contribution is 0.101. The van der Waals surface area contributed by atoms with E-state index < -0.39 is 0 Å². The quantitative estimate of drug-likeness (QED) is 0.622. The van der Waals surface area contributed by atoms with Crippen LogP contribution in [0.15, 0.2) is 23.1 Å². The van der Waals surface area contributed by atoms with E-state index in [-0.39, 0.29) is 12.4 Å². The minimum absolute atomic E-state index is 0.0278. The van der Waals surface area contributed by atoms with E-state index in [1.807, 2.05) is 6.07 Å². The van der Waals surface area contributed by atoms with Crippen LogP contribution >= 0.6 is 11.8 Å². The van der Waals surface area contributed by atoms with Crippen molar-refractivity contribution in [3.8, 4) is 6.07 Å². The summed E-state index contributed by atoms with van der Waals surface area (Å²) in [5.74, 6) is 0.495. The monoisotopic (exact) mass is 221 g/mol. The van der Waals surface area contributed by atoms with Crippen LogP contribution in [-0.4, -0.2) is 23.2 Å². The molecule has 3 nitrogen and oxygen atoms in total. The molecule has 1 aromatic rings. The second-order valence-electron chi connectivity index (χ2n) is 2.95. The van der Waals surface area contributed by atoms with Gasteiger partial charge in [0.1, 0.15) is 0 Å². The maximum Gasteiger partial charge on any atom is 0.160 e. The molecule has 0 amide bonds. The molecule has 78 valence electrons. The van der Waals surface area contributed by atoms with Crippen molar-refractivity contribution in [2.75, 3.05) is 12.4 Å². The van der Waals surface area contributed by atoms with Gasteiger partial charge in [-0.25, -0.2) is 0 Å². The van der Waals surface area contributed by atoms with E-state index in [4.69, 9.17) is 10.4 Å². The molecule has 0 atom stereocenters. The second-order valence-corrected chi connectivity index (χ2v) is 4.09. The Morgan fingerprint density at radius 3 is 2.87 bits per heavy atom. The summed E-state index contributed by atoms with van der Waals surface area (Å²) in [5.41, 5.74) is 1.13. The summed E-state index contributed by atoms with van der Waals surface area (Å²) in [6, 6.07) is 6.98. The minimum Gasteiger partial charge on any atom is -0.396 e. The molecular weight excluding hydrogens is 210 g/mol. The molecule has 0 saturated heterocycles. The predicted molar refractivity (Wildman–Crippen MR) is 59.0 cm³/mol. The van der Waals surface area contributed by atoms with E-state index in [1.54, 1.807) is 18.2 Å². The zero-order valence-corrected chi connectivity index (χ0v) is 9.17. The number of Topliss-reactive ketones (excluding diaryl/α,β-unsaturated/α-hetero) is 1. The van der Waals surface area contributed by atoms with E-state index >= 15 is 0 Å². The molecule has 0 aliphatic rings. The Hall–Kier alpha value is -1.31. The number of nitrogens with zero attached hydrogens (tertiary/aromatic N) is 1. The molecule has 15 heavy (non-hydrogen) atoms. The molecule has 0 fully saturated rings. The van der Waals surface area contributed by atoms with Gasteiger partial charge in [-0.05, 0) is 25.1 Å². The maximum absolute atomic E-state index is 11.3. The summed E-state index contributed by atoms with van der Waals surface area (Å²) in [5, 5.41) is 17.4. The highest BCUT2D eigenvalue weighted by Crippen LogP contribution is 2.24. The maximum atomic E-state index is 11.3. The fraction of sp³-hybridized carbons (Fsp3) is 0.273. The molecule has 0 aliphatic heterocycles. The Labute approximate surface area is 92.7 Å². The van der Waals surface area contributed by atoms with E-state index in [0.717, 1.165) is 4.90 Å². The second kappa shape index (κ2) is 5.54. The molecule has 0 bridgehead atoms. The van der Waals surface area contributed by atoms with Crippen LogP contribution in [0.4, 0.5) is 0 Å². The first kappa shape index (κ1) is 11.8. The number of ketones is 1. The summed E-state index contributed by atoms with van der Waals surface area (Å²) in [7, 11) is 0. The van der Waals surface area contributed by atoms with Crippen molar-refractivity contribution in [3.63, 3.8) is 0 Å². The molecule has 4 heteroatoms. The number of aliphatic hydroxyl groups excluding tert-OH is 1. The van der Waals surface area contributed by atoms with Crippen LogP contribution in [0.1, 0.15) is 22.8 Å². The SMILES string of the molecule is CC(=O)c1ccc(C#N)cc1SCCO. The predicted octanol–water partition coefficient (Wildman–Crippen LogP) is 1.85. The highest BCUT2D eigenvalue weighted by Gasteiger charge is 2.08. The van der Waals surface area contributed by atoms with Gasteiger partial charge in [0.25, 0.3) is 0 Å². The fourth-order valence-corrected chi connectivity index (χ4v) is 2.05. The third-order valence-corrected chi connectivity index (χ3v) is 2.87. The van der Waals surface area contributed by atoms with Gasteiger partial charge in [0.15, 0.2) is 5.78 Å². The molecule has 0 heterocycles. The Balaban J connectivity index is 3.06. The first-order chi connectivity index (χ1) is 7.19. The van der Waals surface area contributed by atoms with E-state index in [0.29, 0.717) is 16.9 Å². The van der Waals surface area contributed by atoms with Crippen LogP contribution in [-0.2, 0) is 0 Å². The summed E-state index contributed by atoms with van der Waals surface area (Å²) < 4.78 is 0. The molecule has 1 aromatic carbocycles. The number of thioether (sulfide) groups is 1. The lowest BCUT2D eigenvalue weighted by Crippen LogP contribution is -1.97. The molecule has 0 radical (unpaired) electrons. The van der Waals surface area contributed by atoms with E-state index in [9.17, 15) is 4.79 Å². The van der Waals surface area contributed by atoms with Crippen LogP contribution in [0.3, 0.4) is 0 Å². The van der Waals surface area contributed by atoms with Gasteiger partial charge >= 0.3 is 0 Å². The molecule has 0 unspecified atom stereocenters. The first-order valence-corrected chi connectivity index (χ1v) is 5.46. The van der Waals surface area contributed by atoms with Gasteiger partial charge < -0.3 is 5.11 Å². The Morgan fingerprint density at radius 2 is 2.33 bits per heavy atom. The third kappa shape index (κ3) is 3.08. The van der Waals surface area contributed by atoms with Crippen molar-refractivity contribution in [1.82, 2.24) is 0 Å². The van der Waals surface area contributed by atoms with Crippen molar-refractivity contribution in [3.05, 3.63) is 29.3 Å². The smallest absolute Gasteiger partial charge is 0.160 e. The largest absolute Gasteiger partial charge is 0.396 e. The summed E-state index contributed by atoms with van der Waals surface area (Å²) in [4.78, 5) is 12.0. The van der Waals surface area contributed by atoms with Crippen LogP contribution in [0, 0.1) is 11.3 Å². The van der Waals surface area contributed by atoms with Gasteiger partial charge in [-0.15, -0.1) is 11.8 Å². The lowest BCUT2D eigenvalue weighted by atomic mass is 10.1. The third-order valence-electron chi connectivity index (χ3n) is 1.84. The van der Waals surface area contributed by atoms with Crippen LogP contribution < -0.4 is 0 Å². The number of benzene rings is 1. The molecule has 0 aromatic heterocycles. The standard InChI is InChI=1S/C11H11NO2S/c1-8(14)10-3-2-9(7-12)6-11(10)15-5-4-13/h2-3,6,13H,4-5H2,1H3. The first-order valence-electron chi connectivity index (χ1n) is 4.47. The number of nitriles is 1. The normalized spacial score (nSPS) is 9.67. The van der Waals surface area contributed by atoms with E-state index in [2.05, 4.69) is 0 Å². The number of hydrogen-bond donors (Lipinski definition) is 1. The van der Waals surface area contributed by atoms with Crippen molar-refractivity contribution in [1.29, 1.82) is 5.26 Å². The number of carbonyl (C=O) groups is 1. The van der Waals surface area contributed by atoms with Crippen LogP contribution in [0.25, 0.3) is 0 Å². The van der Waals surface area contributed by atoms with E-state index in [1.165, 1.54) is 18.7 Å². The number of hydrogen-bond acceptors (Lipinski definition) is 4. The van der Waals surface area contributed by atoms with Gasteiger partial charge in [0.05, 0.1) is 18.2 Å². The summed E-state index contributed by atoms with van der Waals surface area (Å²) in [6.07, 6.45) is 0. The minimum atomic E-state index is -0.0278. The zero-order valence-electron chi connectivity index (χ0n) is 8.36. The zero-order chi connectivity index (χ0) is 11.3.